The zero-order valence-corrected chi connectivity index (χ0v) is 17.0. The number of hydrogen-bond acceptors (Lipinski definition) is 7. The highest BCUT2D eigenvalue weighted by Gasteiger charge is 2.11. The highest BCUT2D eigenvalue weighted by Crippen LogP contribution is 2.12. The first-order valence-corrected chi connectivity index (χ1v) is 9.34. The summed E-state index contributed by atoms with van der Waals surface area (Å²) in [5, 5.41) is 12.6. The number of carbonyl (C=O) groups excluding carboxylic acids is 1. The number of carbonyl (C=O) groups is 1. The fraction of sp³-hybridized carbons (Fsp3) is 0.368. The summed E-state index contributed by atoms with van der Waals surface area (Å²) < 4.78 is 5.13. The van der Waals surface area contributed by atoms with Crippen molar-refractivity contribution in [3.05, 3.63) is 51.6 Å². The van der Waals surface area contributed by atoms with Crippen LogP contribution in [0.2, 0.25) is 0 Å². The number of aryl methyl sites for hydroxylation is 1. The molecule has 0 aliphatic carbocycles. The Balaban J connectivity index is 1.87. The topological polar surface area (TPSA) is 167 Å². The fourth-order valence-corrected chi connectivity index (χ4v) is 2.57. The number of nitrogens with one attached hydrogen (secondary N) is 5. The largest absolute Gasteiger partial charge is 0.497 e. The average Bonchev–Trinajstić information content (AvgIpc) is 2.71. The molecule has 0 saturated heterocycles. The lowest BCUT2D eigenvalue weighted by Crippen LogP contribution is -2.35. The zero-order valence-electron chi connectivity index (χ0n) is 17.0. The first-order chi connectivity index (χ1) is 14.4. The van der Waals surface area contributed by atoms with Gasteiger partial charge in [0.1, 0.15) is 5.75 Å². The molecule has 0 saturated carbocycles. The third-order valence-electron chi connectivity index (χ3n) is 4.10. The van der Waals surface area contributed by atoms with Gasteiger partial charge in [-0.2, -0.15) is 0 Å². The summed E-state index contributed by atoms with van der Waals surface area (Å²) in [5.41, 5.74) is 9.00. The SMILES string of the molecule is COc1ccc(CCNc2nc(CC(=O)NCCONC(=N)N)c(C)[nH]c2=O)cc1. The zero-order chi connectivity index (χ0) is 21.9. The molecule has 11 nitrogen and oxygen atoms in total. The van der Waals surface area contributed by atoms with Crippen LogP contribution in [0.4, 0.5) is 5.82 Å². The van der Waals surface area contributed by atoms with Gasteiger partial charge >= 0.3 is 0 Å². The van der Waals surface area contributed by atoms with Crippen molar-refractivity contribution in [1.29, 1.82) is 5.41 Å². The summed E-state index contributed by atoms with van der Waals surface area (Å²) in [4.78, 5) is 36.1. The van der Waals surface area contributed by atoms with Crippen molar-refractivity contribution in [2.75, 3.05) is 32.1 Å². The summed E-state index contributed by atoms with van der Waals surface area (Å²) in [6, 6.07) is 7.67. The van der Waals surface area contributed by atoms with Crippen molar-refractivity contribution >= 4 is 17.7 Å². The maximum atomic E-state index is 12.2. The highest BCUT2D eigenvalue weighted by atomic mass is 16.6. The molecule has 1 heterocycles. The minimum absolute atomic E-state index is 0.00983. The fourth-order valence-electron chi connectivity index (χ4n) is 2.57. The summed E-state index contributed by atoms with van der Waals surface area (Å²) in [6.07, 6.45) is 0.707. The quantitative estimate of drug-likeness (QED) is 0.127. The van der Waals surface area contributed by atoms with Crippen molar-refractivity contribution < 1.29 is 14.4 Å². The van der Waals surface area contributed by atoms with E-state index in [2.05, 4.69) is 26.1 Å². The number of methoxy groups -OCH3 is 1. The number of H-pyrrole nitrogens is 1. The van der Waals surface area contributed by atoms with Crippen molar-refractivity contribution in [2.45, 2.75) is 19.8 Å². The molecule has 0 radical (unpaired) electrons. The van der Waals surface area contributed by atoms with E-state index in [1.807, 2.05) is 24.3 Å². The van der Waals surface area contributed by atoms with Crippen LogP contribution in [0.5, 0.6) is 5.75 Å². The summed E-state index contributed by atoms with van der Waals surface area (Å²) in [5.74, 6) is 0.369. The Labute approximate surface area is 173 Å². The lowest BCUT2D eigenvalue weighted by Gasteiger charge is -2.10. The number of guanidine groups is 1. The standard InChI is InChI=1S/C19H27N7O4/c1-12-15(11-16(27)22-9-10-30-26-19(20)21)25-17(18(28)24-12)23-8-7-13-3-5-14(29-2)6-4-13/h3-6H,7-11H2,1-2H3,(H,22,27)(H,23,25)(H,24,28)(H4,20,21,26). The van der Waals surface area contributed by atoms with Crippen molar-refractivity contribution in [1.82, 2.24) is 20.8 Å². The van der Waals surface area contributed by atoms with Crippen molar-refractivity contribution in [3.63, 3.8) is 0 Å². The van der Waals surface area contributed by atoms with E-state index in [-0.39, 0.29) is 42.8 Å². The second kappa shape index (κ2) is 11.4. The van der Waals surface area contributed by atoms with Gasteiger partial charge in [0.05, 0.1) is 25.8 Å². The van der Waals surface area contributed by atoms with E-state index in [4.69, 9.17) is 20.7 Å². The molecule has 0 aliphatic rings. The number of nitrogens with two attached hydrogens (primary N) is 1. The van der Waals surface area contributed by atoms with Gasteiger partial charge in [0, 0.05) is 18.8 Å². The molecule has 1 amide bonds. The Morgan fingerprint density at radius 2 is 2.00 bits per heavy atom. The van der Waals surface area contributed by atoms with Gasteiger partial charge in [0.25, 0.3) is 5.56 Å². The number of aromatic amines is 1. The van der Waals surface area contributed by atoms with E-state index in [9.17, 15) is 9.59 Å². The molecule has 0 fully saturated rings. The van der Waals surface area contributed by atoms with Gasteiger partial charge < -0.3 is 26.1 Å². The molecule has 1 aromatic carbocycles. The van der Waals surface area contributed by atoms with Gasteiger partial charge in [-0.15, -0.1) is 0 Å². The van der Waals surface area contributed by atoms with Gasteiger partial charge in [0.15, 0.2) is 5.82 Å². The first kappa shape index (κ1) is 22.7. The number of hydrogen-bond donors (Lipinski definition) is 6. The molecule has 2 aromatic rings. The van der Waals surface area contributed by atoms with E-state index < -0.39 is 0 Å². The monoisotopic (exact) mass is 417 g/mol. The van der Waals surface area contributed by atoms with Crippen LogP contribution in [0.15, 0.2) is 29.1 Å². The maximum absolute atomic E-state index is 12.2. The normalized spacial score (nSPS) is 10.3. The molecule has 11 heteroatoms. The van der Waals surface area contributed by atoms with E-state index in [0.717, 1.165) is 11.3 Å². The molecular formula is C19H27N7O4. The number of aromatic nitrogens is 2. The van der Waals surface area contributed by atoms with E-state index in [1.165, 1.54) is 0 Å². The third kappa shape index (κ3) is 7.43. The van der Waals surface area contributed by atoms with E-state index >= 15 is 0 Å². The van der Waals surface area contributed by atoms with E-state index in [0.29, 0.717) is 24.4 Å². The van der Waals surface area contributed by atoms with Gasteiger partial charge in [-0.1, -0.05) is 12.1 Å². The number of amides is 1. The highest BCUT2D eigenvalue weighted by molar-refractivity contribution is 5.78. The third-order valence-corrected chi connectivity index (χ3v) is 4.10. The van der Waals surface area contributed by atoms with Crippen molar-refractivity contribution in [3.8, 4) is 5.75 Å². The van der Waals surface area contributed by atoms with Crippen LogP contribution in [-0.4, -0.2) is 48.6 Å². The molecule has 0 unspecified atom stereocenters. The number of rotatable bonds is 11. The minimum Gasteiger partial charge on any atom is -0.497 e. The van der Waals surface area contributed by atoms with Gasteiger partial charge in [0.2, 0.25) is 11.9 Å². The summed E-state index contributed by atoms with van der Waals surface area (Å²) in [6.45, 7) is 2.58. The molecule has 0 bridgehead atoms. The summed E-state index contributed by atoms with van der Waals surface area (Å²) in [7, 11) is 1.61. The van der Waals surface area contributed by atoms with Gasteiger partial charge in [-0.25, -0.2) is 10.5 Å². The molecule has 0 atom stereocenters. The predicted molar refractivity (Wildman–Crippen MR) is 112 cm³/mol. The molecule has 1 aromatic heterocycles. The molecule has 162 valence electrons. The number of nitrogens with zero attached hydrogens (tertiary/aromatic N) is 1. The Morgan fingerprint density at radius 1 is 1.27 bits per heavy atom. The van der Waals surface area contributed by atoms with Crippen LogP contribution in [0.25, 0.3) is 0 Å². The average molecular weight is 417 g/mol. The molecule has 0 spiro atoms. The predicted octanol–water partition coefficient (Wildman–Crippen LogP) is -0.185. The Morgan fingerprint density at radius 3 is 2.67 bits per heavy atom. The van der Waals surface area contributed by atoms with E-state index in [1.54, 1.807) is 14.0 Å². The maximum Gasteiger partial charge on any atom is 0.290 e. The van der Waals surface area contributed by atoms with Crippen LogP contribution < -0.4 is 32.1 Å². The first-order valence-electron chi connectivity index (χ1n) is 9.34. The summed E-state index contributed by atoms with van der Waals surface area (Å²) >= 11 is 0. The molecular weight excluding hydrogens is 390 g/mol. The lowest BCUT2D eigenvalue weighted by atomic mass is 10.1. The van der Waals surface area contributed by atoms with Crippen LogP contribution in [-0.2, 0) is 22.5 Å². The smallest absolute Gasteiger partial charge is 0.290 e. The lowest BCUT2D eigenvalue weighted by molar-refractivity contribution is -0.120. The Hall–Kier alpha value is -3.60. The second-order valence-electron chi connectivity index (χ2n) is 6.40. The van der Waals surface area contributed by atoms with Crippen molar-refractivity contribution in [2.24, 2.45) is 5.73 Å². The van der Waals surface area contributed by atoms with Crippen LogP contribution in [0.1, 0.15) is 17.0 Å². The number of hydroxylamine groups is 1. The number of ether oxygens (including phenoxy) is 1. The number of anilines is 1. The second-order valence-corrected chi connectivity index (χ2v) is 6.40. The minimum atomic E-state index is -0.338. The molecule has 0 aliphatic heterocycles. The Kier molecular flexibility index (Phi) is 8.63. The molecule has 2 rings (SSSR count). The molecule has 7 N–H and O–H groups in total. The Bertz CT molecular complexity index is 912. The number of benzene rings is 1. The van der Waals surface area contributed by atoms with Crippen LogP contribution in [0.3, 0.4) is 0 Å². The van der Waals surface area contributed by atoms with Gasteiger partial charge in [-0.3, -0.25) is 19.8 Å². The van der Waals surface area contributed by atoms with Crippen LogP contribution >= 0.6 is 0 Å². The molecule has 30 heavy (non-hydrogen) atoms. The van der Waals surface area contributed by atoms with Crippen LogP contribution in [0, 0.1) is 12.3 Å². The van der Waals surface area contributed by atoms with Gasteiger partial charge in [-0.05, 0) is 31.0 Å².